The highest BCUT2D eigenvalue weighted by Gasteiger charge is 2.24. The van der Waals surface area contributed by atoms with Gasteiger partial charge in [0.05, 0.1) is 6.26 Å². The van der Waals surface area contributed by atoms with Crippen LogP contribution in [-0.2, 0) is 14.8 Å². The van der Waals surface area contributed by atoms with Crippen molar-refractivity contribution < 1.29 is 17.9 Å². The number of amides is 1. The number of ether oxygens (including phenoxy) is 1. The lowest BCUT2D eigenvalue weighted by Gasteiger charge is -2.31. The number of hydrogen-bond donors (Lipinski definition) is 1. The number of rotatable bonds is 5. The molecule has 0 radical (unpaired) electrons. The van der Waals surface area contributed by atoms with E-state index >= 15 is 0 Å². The predicted molar refractivity (Wildman–Crippen MR) is 84.3 cm³/mol. The maximum Gasteiger partial charge on any atom is 0.260 e. The van der Waals surface area contributed by atoms with Crippen molar-refractivity contribution >= 4 is 15.9 Å². The van der Waals surface area contributed by atoms with Crippen LogP contribution in [0.1, 0.15) is 18.4 Å². The minimum absolute atomic E-state index is 0.00756. The second-order valence-corrected chi connectivity index (χ2v) is 7.43. The Balaban J connectivity index is 1.78. The van der Waals surface area contributed by atoms with E-state index in [0.717, 1.165) is 11.8 Å². The third-order valence-corrected chi connectivity index (χ3v) is 4.34. The Bertz CT molecular complexity index is 622. The van der Waals surface area contributed by atoms with Gasteiger partial charge in [0.2, 0.25) is 10.0 Å². The molecule has 0 saturated carbocycles. The molecule has 7 heteroatoms. The first kappa shape index (κ1) is 16.8. The fraction of sp³-hybridized carbons (Fsp3) is 0.533. The van der Waals surface area contributed by atoms with Gasteiger partial charge in [0, 0.05) is 19.1 Å². The summed E-state index contributed by atoms with van der Waals surface area (Å²) in [5.74, 6) is 0.612. The van der Waals surface area contributed by atoms with Crippen LogP contribution in [0.15, 0.2) is 24.3 Å². The summed E-state index contributed by atoms with van der Waals surface area (Å²) in [4.78, 5) is 13.8. The lowest BCUT2D eigenvalue weighted by molar-refractivity contribution is -0.134. The summed E-state index contributed by atoms with van der Waals surface area (Å²) in [5.41, 5.74) is 1.08. The van der Waals surface area contributed by atoms with Crippen molar-refractivity contribution in [3.05, 3.63) is 29.8 Å². The van der Waals surface area contributed by atoms with Crippen molar-refractivity contribution in [1.29, 1.82) is 0 Å². The van der Waals surface area contributed by atoms with Gasteiger partial charge in [0.1, 0.15) is 5.75 Å². The van der Waals surface area contributed by atoms with Gasteiger partial charge >= 0.3 is 0 Å². The Morgan fingerprint density at radius 2 is 2.05 bits per heavy atom. The van der Waals surface area contributed by atoms with Crippen LogP contribution in [0.25, 0.3) is 0 Å². The fourth-order valence-corrected chi connectivity index (χ4v) is 3.33. The largest absolute Gasteiger partial charge is 0.484 e. The third-order valence-electron chi connectivity index (χ3n) is 3.58. The van der Waals surface area contributed by atoms with Crippen molar-refractivity contribution in [1.82, 2.24) is 9.62 Å². The Hall–Kier alpha value is -1.60. The van der Waals surface area contributed by atoms with Gasteiger partial charge < -0.3 is 9.64 Å². The van der Waals surface area contributed by atoms with Gasteiger partial charge in [-0.2, -0.15) is 0 Å². The molecular weight excluding hydrogens is 304 g/mol. The van der Waals surface area contributed by atoms with E-state index in [0.29, 0.717) is 31.7 Å². The molecule has 6 nitrogen and oxygen atoms in total. The molecule has 0 atom stereocenters. The molecule has 1 aromatic rings. The van der Waals surface area contributed by atoms with E-state index in [4.69, 9.17) is 4.74 Å². The van der Waals surface area contributed by atoms with Crippen molar-refractivity contribution in [2.45, 2.75) is 25.8 Å². The topological polar surface area (TPSA) is 75.7 Å². The highest BCUT2D eigenvalue weighted by molar-refractivity contribution is 7.88. The van der Waals surface area contributed by atoms with E-state index in [2.05, 4.69) is 4.72 Å². The number of nitrogens with one attached hydrogen (secondary N) is 1. The molecule has 0 unspecified atom stereocenters. The quantitative estimate of drug-likeness (QED) is 0.873. The molecule has 122 valence electrons. The van der Waals surface area contributed by atoms with E-state index in [-0.39, 0.29) is 18.6 Å². The summed E-state index contributed by atoms with van der Waals surface area (Å²) < 4.78 is 30.5. The minimum Gasteiger partial charge on any atom is -0.484 e. The van der Waals surface area contributed by atoms with Gasteiger partial charge in [0.15, 0.2) is 6.61 Å². The van der Waals surface area contributed by atoms with Crippen LogP contribution in [0, 0.1) is 6.92 Å². The molecule has 1 heterocycles. The second kappa shape index (κ2) is 7.11. The first-order chi connectivity index (χ1) is 10.3. The van der Waals surface area contributed by atoms with Crippen molar-refractivity contribution in [2.75, 3.05) is 26.0 Å². The number of aryl methyl sites for hydroxylation is 1. The number of nitrogens with zero attached hydrogens (tertiary/aromatic N) is 1. The fourth-order valence-electron chi connectivity index (χ4n) is 2.49. The van der Waals surface area contributed by atoms with Gasteiger partial charge in [0.25, 0.3) is 5.91 Å². The predicted octanol–water partition coefficient (Wildman–Crippen LogP) is 0.914. The summed E-state index contributed by atoms with van der Waals surface area (Å²) in [5, 5.41) is 0. The average molecular weight is 326 g/mol. The number of benzene rings is 1. The van der Waals surface area contributed by atoms with Crippen LogP contribution < -0.4 is 9.46 Å². The van der Waals surface area contributed by atoms with Gasteiger partial charge in [-0.25, -0.2) is 13.1 Å². The molecule has 1 amide bonds. The van der Waals surface area contributed by atoms with E-state index in [1.807, 2.05) is 31.2 Å². The molecule has 1 aromatic carbocycles. The molecule has 1 N–H and O–H groups in total. The first-order valence-corrected chi connectivity index (χ1v) is 9.17. The van der Waals surface area contributed by atoms with Gasteiger partial charge in [-0.3, -0.25) is 4.79 Å². The summed E-state index contributed by atoms with van der Waals surface area (Å²) >= 11 is 0. The van der Waals surface area contributed by atoms with E-state index < -0.39 is 10.0 Å². The summed E-state index contributed by atoms with van der Waals surface area (Å²) in [6.45, 7) is 3.06. The highest BCUT2D eigenvalue weighted by atomic mass is 32.2. The van der Waals surface area contributed by atoms with Gasteiger partial charge in [-0.05, 0) is 37.5 Å². The zero-order chi connectivity index (χ0) is 16.2. The lowest BCUT2D eigenvalue weighted by Crippen LogP contribution is -2.47. The third kappa shape index (κ3) is 5.31. The zero-order valence-corrected chi connectivity index (χ0v) is 13.7. The zero-order valence-electron chi connectivity index (χ0n) is 12.9. The summed E-state index contributed by atoms with van der Waals surface area (Å²) in [7, 11) is -3.19. The highest BCUT2D eigenvalue weighted by Crippen LogP contribution is 2.14. The van der Waals surface area contributed by atoms with Gasteiger partial charge in [-0.1, -0.05) is 12.1 Å². The number of carbonyl (C=O) groups excluding carboxylic acids is 1. The van der Waals surface area contributed by atoms with E-state index in [1.165, 1.54) is 0 Å². The van der Waals surface area contributed by atoms with Crippen molar-refractivity contribution in [3.8, 4) is 5.75 Å². The van der Waals surface area contributed by atoms with Crippen LogP contribution in [0.3, 0.4) is 0 Å². The number of carbonyl (C=O) groups is 1. The molecular formula is C15H22N2O4S. The number of sulfonamides is 1. The maximum atomic E-state index is 12.1. The molecule has 1 aliphatic rings. The van der Waals surface area contributed by atoms with Crippen LogP contribution in [0.2, 0.25) is 0 Å². The van der Waals surface area contributed by atoms with E-state index in [9.17, 15) is 13.2 Å². The maximum absolute atomic E-state index is 12.1. The molecule has 22 heavy (non-hydrogen) atoms. The number of piperidine rings is 1. The van der Waals surface area contributed by atoms with Gasteiger partial charge in [-0.15, -0.1) is 0 Å². The van der Waals surface area contributed by atoms with Crippen molar-refractivity contribution in [2.24, 2.45) is 0 Å². The van der Waals surface area contributed by atoms with E-state index in [1.54, 1.807) is 4.90 Å². The SMILES string of the molecule is Cc1cccc(OCC(=O)N2CCC(NS(C)(=O)=O)CC2)c1. The Morgan fingerprint density at radius 1 is 1.36 bits per heavy atom. The lowest BCUT2D eigenvalue weighted by atomic mass is 10.1. The first-order valence-electron chi connectivity index (χ1n) is 7.28. The Kier molecular flexibility index (Phi) is 5.42. The summed E-state index contributed by atoms with van der Waals surface area (Å²) in [6, 6.07) is 7.47. The minimum atomic E-state index is -3.19. The molecule has 0 aromatic heterocycles. The van der Waals surface area contributed by atoms with Crippen molar-refractivity contribution in [3.63, 3.8) is 0 Å². The monoisotopic (exact) mass is 326 g/mol. The van der Waals surface area contributed by atoms with Crippen LogP contribution >= 0.6 is 0 Å². The summed E-state index contributed by atoms with van der Waals surface area (Å²) in [6.07, 6.45) is 2.41. The molecule has 2 rings (SSSR count). The normalized spacial score (nSPS) is 16.5. The number of likely N-dealkylation sites (tertiary alicyclic amines) is 1. The molecule has 1 saturated heterocycles. The standard InChI is InChI=1S/C15H22N2O4S/c1-12-4-3-5-14(10-12)21-11-15(18)17-8-6-13(7-9-17)16-22(2,19)20/h3-5,10,13,16H,6-9,11H2,1-2H3. The number of hydrogen-bond acceptors (Lipinski definition) is 4. The smallest absolute Gasteiger partial charge is 0.260 e. The molecule has 1 fully saturated rings. The second-order valence-electron chi connectivity index (χ2n) is 5.65. The molecule has 1 aliphatic heterocycles. The molecule has 0 spiro atoms. The Morgan fingerprint density at radius 3 is 2.64 bits per heavy atom. The molecule has 0 bridgehead atoms. The Labute approximate surface area is 131 Å². The average Bonchev–Trinajstić information content (AvgIpc) is 2.44. The van der Waals surface area contributed by atoms with Crippen LogP contribution in [0.5, 0.6) is 5.75 Å². The van der Waals surface area contributed by atoms with Crippen LogP contribution in [-0.4, -0.2) is 51.2 Å². The molecule has 0 aliphatic carbocycles. The van der Waals surface area contributed by atoms with Crippen LogP contribution in [0.4, 0.5) is 0 Å².